The standard InChI is InChI=1S/C12H16BrClN2O2S/c1-8-7-16(6-5-11(8)15)19(17,18)12-9(13)3-2-4-10(12)14/h2-4,8,11H,5-7,15H2,1H3. The summed E-state index contributed by atoms with van der Waals surface area (Å²) in [4.78, 5) is 0.138. The Morgan fingerprint density at radius 3 is 2.74 bits per heavy atom. The third-order valence-electron chi connectivity index (χ3n) is 3.45. The highest BCUT2D eigenvalue weighted by atomic mass is 79.9. The highest BCUT2D eigenvalue weighted by molar-refractivity contribution is 9.10. The molecule has 0 aromatic heterocycles. The lowest BCUT2D eigenvalue weighted by Gasteiger charge is -2.34. The number of piperidine rings is 1. The Balaban J connectivity index is 2.38. The zero-order chi connectivity index (χ0) is 14.2. The Hall–Kier alpha value is -0.140. The molecule has 2 atom stereocenters. The first-order chi connectivity index (χ1) is 8.84. The number of rotatable bonds is 2. The average molecular weight is 368 g/mol. The monoisotopic (exact) mass is 366 g/mol. The van der Waals surface area contributed by atoms with E-state index >= 15 is 0 Å². The van der Waals surface area contributed by atoms with Crippen LogP contribution < -0.4 is 5.73 Å². The van der Waals surface area contributed by atoms with E-state index in [-0.39, 0.29) is 21.9 Å². The number of hydrogen-bond acceptors (Lipinski definition) is 3. The summed E-state index contributed by atoms with van der Waals surface area (Å²) in [5.74, 6) is 0.143. The number of hydrogen-bond donors (Lipinski definition) is 1. The van der Waals surface area contributed by atoms with Crippen molar-refractivity contribution in [2.45, 2.75) is 24.3 Å². The first kappa shape index (κ1) is 15.3. The van der Waals surface area contributed by atoms with Crippen LogP contribution in [-0.4, -0.2) is 31.9 Å². The van der Waals surface area contributed by atoms with Gasteiger partial charge in [-0.3, -0.25) is 0 Å². The molecule has 19 heavy (non-hydrogen) atoms. The van der Waals surface area contributed by atoms with Crippen LogP contribution in [0.2, 0.25) is 5.02 Å². The van der Waals surface area contributed by atoms with Crippen molar-refractivity contribution in [1.29, 1.82) is 0 Å². The molecule has 0 bridgehead atoms. The molecule has 7 heteroatoms. The molecule has 1 aliphatic heterocycles. The number of halogens is 2. The van der Waals surface area contributed by atoms with Crippen molar-refractivity contribution in [2.24, 2.45) is 11.7 Å². The quantitative estimate of drug-likeness (QED) is 0.873. The van der Waals surface area contributed by atoms with E-state index in [0.717, 1.165) is 0 Å². The maximum Gasteiger partial charge on any atom is 0.245 e. The largest absolute Gasteiger partial charge is 0.327 e. The van der Waals surface area contributed by atoms with Crippen LogP contribution in [0.25, 0.3) is 0 Å². The van der Waals surface area contributed by atoms with E-state index in [1.165, 1.54) is 4.31 Å². The summed E-state index contributed by atoms with van der Waals surface area (Å²) in [7, 11) is -3.58. The normalized spacial score (nSPS) is 25.5. The minimum absolute atomic E-state index is 0.0566. The van der Waals surface area contributed by atoms with Gasteiger partial charge in [-0.2, -0.15) is 4.31 Å². The van der Waals surface area contributed by atoms with Gasteiger partial charge in [-0.25, -0.2) is 8.42 Å². The Morgan fingerprint density at radius 1 is 1.47 bits per heavy atom. The summed E-state index contributed by atoms with van der Waals surface area (Å²) in [5, 5.41) is 0.233. The molecule has 1 aromatic carbocycles. The Kier molecular flexibility index (Phi) is 4.57. The third-order valence-corrected chi connectivity index (χ3v) is 6.77. The van der Waals surface area contributed by atoms with Gasteiger partial charge in [0.15, 0.2) is 0 Å². The van der Waals surface area contributed by atoms with E-state index < -0.39 is 10.0 Å². The summed E-state index contributed by atoms with van der Waals surface area (Å²) in [6.07, 6.45) is 0.669. The molecular formula is C12H16BrClN2O2S. The fraction of sp³-hybridized carbons (Fsp3) is 0.500. The van der Waals surface area contributed by atoms with Gasteiger partial charge in [0, 0.05) is 23.6 Å². The molecule has 106 valence electrons. The number of sulfonamides is 1. The highest BCUT2D eigenvalue weighted by Gasteiger charge is 2.34. The van der Waals surface area contributed by atoms with Gasteiger partial charge >= 0.3 is 0 Å². The van der Waals surface area contributed by atoms with Gasteiger partial charge in [-0.05, 0) is 40.4 Å². The molecule has 1 aliphatic rings. The predicted octanol–water partition coefficient (Wildman–Crippen LogP) is 2.46. The van der Waals surface area contributed by atoms with Crippen molar-refractivity contribution in [1.82, 2.24) is 4.31 Å². The van der Waals surface area contributed by atoms with Crippen LogP contribution in [0.1, 0.15) is 13.3 Å². The molecule has 4 nitrogen and oxygen atoms in total. The third kappa shape index (κ3) is 2.97. The van der Waals surface area contributed by atoms with Crippen molar-refractivity contribution >= 4 is 37.6 Å². The van der Waals surface area contributed by atoms with Crippen molar-refractivity contribution in [3.63, 3.8) is 0 Å². The van der Waals surface area contributed by atoms with Gasteiger partial charge in [0.25, 0.3) is 0 Å². The summed E-state index contributed by atoms with van der Waals surface area (Å²) in [6, 6.07) is 5.03. The minimum atomic E-state index is -3.58. The molecule has 1 fully saturated rings. The zero-order valence-electron chi connectivity index (χ0n) is 10.5. The fourth-order valence-corrected chi connectivity index (χ4v) is 5.43. The lowest BCUT2D eigenvalue weighted by Crippen LogP contribution is -2.48. The second-order valence-corrected chi connectivity index (χ2v) is 7.98. The zero-order valence-corrected chi connectivity index (χ0v) is 13.7. The smallest absolute Gasteiger partial charge is 0.245 e. The van der Waals surface area contributed by atoms with E-state index in [1.807, 2.05) is 6.92 Å². The molecule has 2 rings (SSSR count). The minimum Gasteiger partial charge on any atom is -0.327 e. The molecule has 0 radical (unpaired) electrons. The van der Waals surface area contributed by atoms with Crippen LogP contribution in [-0.2, 0) is 10.0 Å². The lowest BCUT2D eigenvalue weighted by molar-refractivity contribution is 0.250. The van der Waals surface area contributed by atoms with Gasteiger partial charge in [0.05, 0.1) is 5.02 Å². The fourth-order valence-electron chi connectivity index (χ4n) is 2.20. The molecule has 1 heterocycles. The molecule has 0 aliphatic carbocycles. The van der Waals surface area contributed by atoms with E-state index in [4.69, 9.17) is 17.3 Å². The average Bonchev–Trinajstić information content (AvgIpc) is 2.32. The molecule has 1 saturated heterocycles. The van der Waals surface area contributed by atoms with E-state index in [9.17, 15) is 8.42 Å². The van der Waals surface area contributed by atoms with Crippen molar-refractivity contribution in [3.05, 3.63) is 27.7 Å². The van der Waals surface area contributed by atoms with E-state index in [2.05, 4.69) is 15.9 Å². The molecule has 0 amide bonds. The molecule has 0 spiro atoms. The van der Waals surface area contributed by atoms with Crippen LogP contribution in [0.15, 0.2) is 27.6 Å². The highest BCUT2D eigenvalue weighted by Crippen LogP contribution is 2.33. The molecule has 2 unspecified atom stereocenters. The Bertz CT molecular complexity index is 559. The lowest BCUT2D eigenvalue weighted by atomic mass is 9.96. The molecule has 2 N–H and O–H groups in total. The number of nitrogens with zero attached hydrogens (tertiary/aromatic N) is 1. The van der Waals surface area contributed by atoms with Crippen molar-refractivity contribution in [2.75, 3.05) is 13.1 Å². The molecule has 1 aromatic rings. The van der Waals surface area contributed by atoms with Crippen LogP contribution in [0.4, 0.5) is 0 Å². The van der Waals surface area contributed by atoms with Gasteiger partial charge in [-0.15, -0.1) is 0 Å². The maximum atomic E-state index is 12.7. The molecular weight excluding hydrogens is 352 g/mol. The topological polar surface area (TPSA) is 63.4 Å². The van der Waals surface area contributed by atoms with Gasteiger partial charge < -0.3 is 5.73 Å². The first-order valence-corrected chi connectivity index (χ1v) is 8.65. The second-order valence-electron chi connectivity index (χ2n) is 4.84. The van der Waals surface area contributed by atoms with Crippen LogP contribution in [0.3, 0.4) is 0 Å². The van der Waals surface area contributed by atoms with Crippen LogP contribution in [0, 0.1) is 5.92 Å². The van der Waals surface area contributed by atoms with Gasteiger partial charge in [0.2, 0.25) is 10.0 Å². The maximum absolute atomic E-state index is 12.7. The number of benzene rings is 1. The van der Waals surface area contributed by atoms with Crippen LogP contribution >= 0.6 is 27.5 Å². The summed E-state index contributed by atoms with van der Waals surface area (Å²) in [6.45, 7) is 2.83. The van der Waals surface area contributed by atoms with Gasteiger partial charge in [-0.1, -0.05) is 24.6 Å². The SMILES string of the molecule is CC1CN(S(=O)(=O)c2c(Cl)cccc2Br)CCC1N. The first-order valence-electron chi connectivity index (χ1n) is 6.03. The van der Waals surface area contributed by atoms with Gasteiger partial charge in [0.1, 0.15) is 4.90 Å². The Morgan fingerprint density at radius 2 is 2.16 bits per heavy atom. The summed E-state index contributed by atoms with van der Waals surface area (Å²) in [5.41, 5.74) is 5.93. The Labute approximate surface area is 127 Å². The van der Waals surface area contributed by atoms with Crippen LogP contribution in [0.5, 0.6) is 0 Å². The number of nitrogens with two attached hydrogens (primary N) is 1. The van der Waals surface area contributed by atoms with Crippen molar-refractivity contribution < 1.29 is 8.42 Å². The summed E-state index contributed by atoms with van der Waals surface area (Å²) >= 11 is 9.30. The van der Waals surface area contributed by atoms with E-state index in [0.29, 0.717) is 24.0 Å². The second kappa shape index (κ2) is 5.69. The van der Waals surface area contributed by atoms with Crippen molar-refractivity contribution in [3.8, 4) is 0 Å². The predicted molar refractivity (Wildman–Crippen MR) is 79.7 cm³/mol. The van der Waals surface area contributed by atoms with E-state index in [1.54, 1.807) is 18.2 Å². The molecule has 0 saturated carbocycles. The summed E-state index contributed by atoms with van der Waals surface area (Å²) < 4.78 is 27.3.